The van der Waals surface area contributed by atoms with E-state index < -0.39 is 48.4 Å². The molecular formula is C21H16Cl2F3IN4O5S. The summed E-state index contributed by atoms with van der Waals surface area (Å²) in [6.45, 7) is -0.682. The second-order valence-electron chi connectivity index (χ2n) is 7.21. The number of rotatable bonds is 8. The average molecular weight is 691 g/mol. The van der Waals surface area contributed by atoms with Crippen molar-refractivity contribution in [1.29, 1.82) is 0 Å². The summed E-state index contributed by atoms with van der Waals surface area (Å²) < 4.78 is 72.5. The summed E-state index contributed by atoms with van der Waals surface area (Å²) in [5.74, 6) is -0.0224. The molecule has 1 amide bonds. The van der Waals surface area contributed by atoms with Gasteiger partial charge in [-0.15, -0.1) is 0 Å². The lowest BCUT2D eigenvalue weighted by atomic mass is 10.1. The van der Waals surface area contributed by atoms with Gasteiger partial charge in [0.15, 0.2) is 0 Å². The number of carbonyl (C=O) groups is 1. The molecule has 0 saturated heterocycles. The molecule has 2 aromatic heterocycles. The van der Waals surface area contributed by atoms with Gasteiger partial charge in [0.25, 0.3) is 13.9 Å². The van der Waals surface area contributed by atoms with Crippen molar-refractivity contribution in [3.05, 3.63) is 75.7 Å². The second kappa shape index (κ2) is 11.7. The summed E-state index contributed by atoms with van der Waals surface area (Å²) in [4.78, 5) is 18.9. The van der Waals surface area contributed by atoms with Gasteiger partial charge in [-0.05, 0) is 30.3 Å². The number of sulfonamides is 1. The summed E-state index contributed by atoms with van der Waals surface area (Å²) in [5, 5.41) is 12.9. The Bertz CT molecular complexity index is 1430. The van der Waals surface area contributed by atoms with Crippen LogP contribution in [0, 0.1) is 0 Å². The SMILES string of the molecule is COCN(c1cc(Cl)cnc1C(O)c1cccnc1NC(=O)I)S(=O)(=O)c1ccc(Cl)c(C(F)(F)F)c1. The fourth-order valence-corrected chi connectivity index (χ4v) is 5.27. The van der Waals surface area contributed by atoms with Crippen molar-refractivity contribution in [3.63, 3.8) is 0 Å². The lowest BCUT2D eigenvalue weighted by Gasteiger charge is -2.27. The van der Waals surface area contributed by atoms with E-state index in [1.54, 1.807) is 0 Å². The number of carbonyl (C=O) groups excluding carboxylic acids is 1. The number of hydrogen-bond acceptors (Lipinski definition) is 7. The van der Waals surface area contributed by atoms with Crippen LogP contribution in [0.1, 0.15) is 22.9 Å². The third-order valence-corrected chi connectivity index (χ3v) is 7.36. The van der Waals surface area contributed by atoms with E-state index in [0.717, 1.165) is 31.5 Å². The molecule has 0 aliphatic rings. The van der Waals surface area contributed by atoms with Crippen LogP contribution in [-0.4, -0.2) is 41.2 Å². The molecule has 0 fully saturated rings. The van der Waals surface area contributed by atoms with Crippen LogP contribution in [0.5, 0.6) is 0 Å². The molecule has 16 heteroatoms. The Hall–Kier alpha value is -2.24. The van der Waals surface area contributed by atoms with Gasteiger partial charge in [-0.1, -0.05) is 29.3 Å². The maximum absolute atomic E-state index is 13.6. The molecular weight excluding hydrogens is 675 g/mol. The zero-order valence-electron chi connectivity index (χ0n) is 18.5. The van der Waals surface area contributed by atoms with Crippen molar-refractivity contribution in [2.24, 2.45) is 0 Å². The predicted molar refractivity (Wildman–Crippen MR) is 139 cm³/mol. The second-order valence-corrected chi connectivity index (χ2v) is 10.9. The standard InChI is InChI=1S/C21H16Cl2F3IN4O5S/c1-36-10-31(37(34,35)12-4-5-15(23)14(8-12)21(24,25)26)16-7-11(22)9-29-17(16)18(32)13-3-2-6-28-19(13)30-20(27)33/h2-9,18,32H,10H2,1H3,(H,28,30,33). The molecule has 3 aromatic rings. The highest BCUT2D eigenvalue weighted by Crippen LogP contribution is 2.39. The number of benzene rings is 1. The summed E-state index contributed by atoms with van der Waals surface area (Å²) in [6, 6.07) is 6.14. The molecule has 0 aliphatic carbocycles. The maximum Gasteiger partial charge on any atom is 0.417 e. The predicted octanol–water partition coefficient (Wildman–Crippen LogP) is 5.65. The van der Waals surface area contributed by atoms with E-state index in [-0.39, 0.29) is 27.8 Å². The Labute approximate surface area is 232 Å². The Balaban J connectivity index is 2.20. The van der Waals surface area contributed by atoms with Crippen molar-refractivity contribution >= 4 is 71.2 Å². The average Bonchev–Trinajstić information content (AvgIpc) is 2.81. The summed E-state index contributed by atoms with van der Waals surface area (Å²) in [5.41, 5.74) is -1.84. The molecule has 3 rings (SSSR count). The minimum Gasteiger partial charge on any atom is -0.382 e. The lowest BCUT2D eigenvalue weighted by molar-refractivity contribution is -0.137. The first-order valence-corrected chi connectivity index (χ1v) is 13.2. The molecule has 198 valence electrons. The number of pyridine rings is 2. The van der Waals surface area contributed by atoms with Crippen LogP contribution in [0.15, 0.2) is 53.7 Å². The van der Waals surface area contributed by atoms with Crippen LogP contribution in [0.25, 0.3) is 0 Å². The van der Waals surface area contributed by atoms with Gasteiger partial charge in [0.05, 0.1) is 31.9 Å². The number of nitrogens with zero attached hydrogens (tertiary/aromatic N) is 3. The number of aromatic nitrogens is 2. The molecule has 0 bridgehead atoms. The first-order valence-electron chi connectivity index (χ1n) is 9.90. The van der Waals surface area contributed by atoms with E-state index in [1.165, 1.54) is 40.9 Å². The number of anilines is 2. The molecule has 0 saturated carbocycles. The van der Waals surface area contributed by atoms with E-state index in [1.807, 2.05) is 0 Å². The van der Waals surface area contributed by atoms with Crippen LogP contribution in [0.2, 0.25) is 10.0 Å². The number of hydrogen-bond donors (Lipinski definition) is 2. The van der Waals surface area contributed by atoms with E-state index in [4.69, 9.17) is 27.9 Å². The monoisotopic (exact) mass is 690 g/mol. The van der Waals surface area contributed by atoms with Gasteiger partial charge in [0.1, 0.15) is 18.7 Å². The molecule has 0 spiro atoms. The van der Waals surface area contributed by atoms with Crippen LogP contribution in [0.4, 0.5) is 29.5 Å². The van der Waals surface area contributed by atoms with Gasteiger partial charge in [-0.3, -0.25) is 9.78 Å². The summed E-state index contributed by atoms with van der Waals surface area (Å²) >= 11 is 13.2. The lowest BCUT2D eigenvalue weighted by Crippen LogP contribution is -2.34. The number of aliphatic hydroxyl groups is 1. The van der Waals surface area contributed by atoms with Gasteiger partial charge in [-0.25, -0.2) is 17.7 Å². The highest BCUT2D eigenvalue weighted by atomic mass is 127. The van der Waals surface area contributed by atoms with Gasteiger partial charge in [0.2, 0.25) is 0 Å². The van der Waals surface area contributed by atoms with Gasteiger partial charge in [-0.2, -0.15) is 13.2 Å². The maximum atomic E-state index is 13.6. The first-order chi connectivity index (χ1) is 17.3. The third kappa shape index (κ3) is 6.61. The molecule has 1 unspecified atom stereocenters. The Morgan fingerprint density at radius 3 is 2.57 bits per heavy atom. The normalized spacial score (nSPS) is 12.8. The Morgan fingerprint density at radius 1 is 1.24 bits per heavy atom. The van der Waals surface area contributed by atoms with E-state index >= 15 is 0 Å². The topological polar surface area (TPSA) is 122 Å². The van der Waals surface area contributed by atoms with Gasteiger partial charge in [0, 0.05) is 47.7 Å². The first kappa shape index (κ1) is 29.3. The molecule has 0 aliphatic heterocycles. The number of amides is 1. The minimum absolute atomic E-state index is 0.0224. The van der Waals surface area contributed by atoms with E-state index in [2.05, 4.69) is 15.3 Å². The summed E-state index contributed by atoms with van der Waals surface area (Å²) in [6.07, 6.45) is -4.08. The Kier molecular flexibility index (Phi) is 9.23. The van der Waals surface area contributed by atoms with Crippen LogP contribution in [0.3, 0.4) is 0 Å². The number of halogens is 6. The van der Waals surface area contributed by atoms with Crippen molar-refractivity contribution in [1.82, 2.24) is 9.97 Å². The quantitative estimate of drug-likeness (QED) is 0.136. The molecule has 1 aromatic carbocycles. The minimum atomic E-state index is -4.92. The van der Waals surface area contributed by atoms with Crippen molar-refractivity contribution in [2.45, 2.75) is 17.2 Å². The number of aliphatic hydroxyl groups excluding tert-OH is 1. The molecule has 2 N–H and O–H groups in total. The molecule has 2 heterocycles. The van der Waals surface area contributed by atoms with Crippen molar-refractivity contribution in [2.75, 3.05) is 23.5 Å². The van der Waals surface area contributed by atoms with Gasteiger partial charge >= 0.3 is 6.18 Å². The van der Waals surface area contributed by atoms with Crippen molar-refractivity contribution in [3.8, 4) is 0 Å². The van der Waals surface area contributed by atoms with E-state index in [0.29, 0.717) is 10.4 Å². The van der Waals surface area contributed by atoms with Crippen LogP contribution in [-0.2, 0) is 20.9 Å². The fourth-order valence-electron chi connectivity index (χ4n) is 3.23. The largest absolute Gasteiger partial charge is 0.417 e. The van der Waals surface area contributed by atoms with Gasteiger partial charge < -0.3 is 15.2 Å². The van der Waals surface area contributed by atoms with E-state index in [9.17, 15) is 31.5 Å². The number of ether oxygens (including phenoxy) is 1. The van der Waals surface area contributed by atoms with Crippen LogP contribution < -0.4 is 9.62 Å². The fraction of sp³-hybridized carbons (Fsp3) is 0.190. The third-order valence-electron chi connectivity index (χ3n) is 4.82. The number of methoxy groups -OCH3 is 1. The highest BCUT2D eigenvalue weighted by molar-refractivity contribution is 14.1. The number of nitrogens with one attached hydrogen (secondary N) is 1. The summed E-state index contributed by atoms with van der Waals surface area (Å²) in [7, 11) is -3.59. The highest BCUT2D eigenvalue weighted by Gasteiger charge is 2.37. The zero-order valence-corrected chi connectivity index (χ0v) is 23.0. The zero-order chi connectivity index (χ0) is 27.5. The Morgan fingerprint density at radius 2 is 1.95 bits per heavy atom. The molecule has 0 radical (unpaired) electrons. The van der Waals surface area contributed by atoms with Crippen molar-refractivity contribution < 1.29 is 36.2 Å². The smallest absolute Gasteiger partial charge is 0.382 e. The van der Waals surface area contributed by atoms with Crippen LogP contribution >= 0.6 is 45.8 Å². The molecule has 9 nitrogen and oxygen atoms in total. The number of alkyl halides is 3. The molecule has 1 atom stereocenters. The molecule has 37 heavy (non-hydrogen) atoms.